The van der Waals surface area contributed by atoms with E-state index in [1.54, 1.807) is 12.6 Å². The zero-order valence-electron chi connectivity index (χ0n) is 6.33. The summed E-state index contributed by atoms with van der Waals surface area (Å²) in [6.07, 6.45) is 0.449. The summed E-state index contributed by atoms with van der Waals surface area (Å²) in [5.41, 5.74) is 2.61. The van der Waals surface area contributed by atoms with Crippen molar-refractivity contribution in [2.45, 2.75) is 6.42 Å². The normalized spacial score (nSPS) is 9.91. The van der Waals surface area contributed by atoms with Gasteiger partial charge in [0, 0.05) is 5.38 Å². The van der Waals surface area contributed by atoms with E-state index in [9.17, 15) is 4.79 Å². The maximum Gasteiger partial charge on any atom is 0.152 e. The molecular formula is C7H10N2OS. The van der Waals surface area contributed by atoms with E-state index < -0.39 is 0 Å². The van der Waals surface area contributed by atoms with Gasteiger partial charge in [0.1, 0.15) is 0 Å². The lowest BCUT2D eigenvalue weighted by Crippen LogP contribution is -2.20. The van der Waals surface area contributed by atoms with Crippen LogP contribution in [0.1, 0.15) is 5.69 Å². The Morgan fingerprint density at radius 2 is 2.64 bits per heavy atom. The van der Waals surface area contributed by atoms with Crippen molar-refractivity contribution in [1.29, 1.82) is 0 Å². The van der Waals surface area contributed by atoms with Gasteiger partial charge in [0.15, 0.2) is 5.78 Å². The fourth-order valence-corrected chi connectivity index (χ4v) is 1.34. The van der Waals surface area contributed by atoms with E-state index in [4.69, 9.17) is 0 Å². The van der Waals surface area contributed by atoms with E-state index >= 15 is 0 Å². The molecule has 0 aliphatic carbocycles. The van der Waals surface area contributed by atoms with E-state index in [0.717, 1.165) is 5.69 Å². The summed E-state index contributed by atoms with van der Waals surface area (Å²) in [5, 5.41) is 4.70. The van der Waals surface area contributed by atoms with Gasteiger partial charge >= 0.3 is 0 Å². The molecule has 0 aliphatic heterocycles. The number of rotatable bonds is 4. The minimum atomic E-state index is 0.179. The lowest BCUT2D eigenvalue weighted by molar-refractivity contribution is -0.117. The molecule has 0 atom stereocenters. The van der Waals surface area contributed by atoms with Crippen LogP contribution in [0.2, 0.25) is 0 Å². The third kappa shape index (κ3) is 2.78. The zero-order valence-corrected chi connectivity index (χ0v) is 7.15. The van der Waals surface area contributed by atoms with Gasteiger partial charge in [-0.2, -0.15) is 0 Å². The van der Waals surface area contributed by atoms with Gasteiger partial charge < -0.3 is 5.32 Å². The first kappa shape index (κ1) is 8.36. The third-order valence-electron chi connectivity index (χ3n) is 1.24. The molecule has 0 saturated heterocycles. The average Bonchev–Trinajstić information content (AvgIpc) is 2.40. The van der Waals surface area contributed by atoms with E-state index in [1.807, 2.05) is 5.38 Å². The van der Waals surface area contributed by atoms with Crippen LogP contribution in [0.3, 0.4) is 0 Å². The van der Waals surface area contributed by atoms with E-state index in [2.05, 4.69) is 10.3 Å². The Labute approximate surface area is 69.5 Å². The zero-order chi connectivity index (χ0) is 8.10. The molecule has 0 unspecified atom stereocenters. The van der Waals surface area contributed by atoms with Gasteiger partial charge in [0.2, 0.25) is 0 Å². The van der Waals surface area contributed by atoms with Crippen molar-refractivity contribution in [2.24, 2.45) is 0 Å². The molecule has 1 aromatic heterocycles. The summed E-state index contributed by atoms with van der Waals surface area (Å²) >= 11 is 1.52. The number of hydrogen-bond acceptors (Lipinski definition) is 4. The quantitative estimate of drug-likeness (QED) is 0.714. The monoisotopic (exact) mass is 170 g/mol. The fourth-order valence-electron chi connectivity index (χ4n) is 0.787. The van der Waals surface area contributed by atoms with Gasteiger partial charge in [-0.05, 0) is 7.05 Å². The molecule has 60 valence electrons. The number of Topliss-reactive ketones (excluding diaryl/α,β-unsaturated/α-hetero) is 1. The Balaban J connectivity index is 2.37. The number of aromatic nitrogens is 1. The number of carbonyl (C=O) groups excluding carboxylic acids is 1. The van der Waals surface area contributed by atoms with Gasteiger partial charge in [-0.1, -0.05) is 0 Å². The molecule has 1 heterocycles. The van der Waals surface area contributed by atoms with Crippen molar-refractivity contribution in [1.82, 2.24) is 10.3 Å². The van der Waals surface area contributed by atoms with Crippen molar-refractivity contribution in [2.75, 3.05) is 13.6 Å². The molecule has 0 amide bonds. The maximum atomic E-state index is 11.0. The number of hydrogen-bond donors (Lipinski definition) is 1. The SMILES string of the molecule is CNCC(=O)Cc1cscn1. The van der Waals surface area contributed by atoms with Crippen LogP contribution in [0, 0.1) is 0 Å². The van der Waals surface area contributed by atoms with E-state index in [-0.39, 0.29) is 5.78 Å². The van der Waals surface area contributed by atoms with Gasteiger partial charge in [-0.15, -0.1) is 11.3 Å². The Morgan fingerprint density at radius 3 is 3.18 bits per heavy atom. The lowest BCUT2D eigenvalue weighted by Gasteiger charge is -1.94. The largest absolute Gasteiger partial charge is 0.313 e. The van der Waals surface area contributed by atoms with Crippen molar-refractivity contribution in [3.05, 3.63) is 16.6 Å². The van der Waals surface area contributed by atoms with Gasteiger partial charge in [0.05, 0.1) is 24.2 Å². The van der Waals surface area contributed by atoms with Gasteiger partial charge in [-0.25, -0.2) is 4.98 Å². The number of nitrogens with one attached hydrogen (secondary N) is 1. The summed E-state index contributed by atoms with van der Waals surface area (Å²) in [6, 6.07) is 0. The number of likely N-dealkylation sites (N-methyl/N-ethyl adjacent to an activating group) is 1. The molecular weight excluding hydrogens is 160 g/mol. The highest BCUT2D eigenvalue weighted by molar-refractivity contribution is 7.07. The molecule has 11 heavy (non-hydrogen) atoms. The molecule has 1 N–H and O–H groups in total. The number of ketones is 1. The Morgan fingerprint density at radius 1 is 1.82 bits per heavy atom. The van der Waals surface area contributed by atoms with Crippen LogP contribution >= 0.6 is 11.3 Å². The Hall–Kier alpha value is -0.740. The molecule has 1 aromatic rings. The average molecular weight is 170 g/mol. The second kappa shape index (κ2) is 4.20. The molecule has 0 radical (unpaired) electrons. The van der Waals surface area contributed by atoms with Crippen molar-refractivity contribution >= 4 is 17.1 Å². The third-order valence-corrected chi connectivity index (χ3v) is 1.87. The second-order valence-corrected chi connectivity index (χ2v) is 2.94. The van der Waals surface area contributed by atoms with Crippen LogP contribution in [0.5, 0.6) is 0 Å². The fraction of sp³-hybridized carbons (Fsp3) is 0.429. The van der Waals surface area contributed by atoms with Crippen LogP contribution in [-0.2, 0) is 11.2 Å². The Bertz CT molecular complexity index is 220. The highest BCUT2D eigenvalue weighted by Gasteiger charge is 2.02. The molecule has 0 bridgehead atoms. The number of thiazole rings is 1. The van der Waals surface area contributed by atoms with Gasteiger partial charge in [0.25, 0.3) is 0 Å². The molecule has 3 nitrogen and oxygen atoms in total. The molecule has 0 fully saturated rings. The predicted molar refractivity (Wildman–Crippen MR) is 44.8 cm³/mol. The molecule has 1 rings (SSSR count). The summed E-state index contributed by atoms with van der Waals surface area (Å²) in [7, 11) is 1.76. The number of carbonyl (C=O) groups is 1. The van der Waals surface area contributed by atoms with Crippen molar-refractivity contribution < 1.29 is 4.79 Å². The first-order valence-electron chi connectivity index (χ1n) is 3.36. The van der Waals surface area contributed by atoms with Gasteiger partial charge in [-0.3, -0.25) is 4.79 Å². The molecule has 4 heteroatoms. The minimum absolute atomic E-state index is 0.179. The highest BCUT2D eigenvalue weighted by Crippen LogP contribution is 2.01. The van der Waals surface area contributed by atoms with Crippen molar-refractivity contribution in [3.8, 4) is 0 Å². The molecule has 0 aliphatic rings. The minimum Gasteiger partial charge on any atom is -0.313 e. The summed E-state index contributed by atoms with van der Waals surface area (Å²) in [5.74, 6) is 0.179. The van der Waals surface area contributed by atoms with Crippen LogP contribution in [0.15, 0.2) is 10.9 Å². The van der Waals surface area contributed by atoms with Crippen LogP contribution in [0.25, 0.3) is 0 Å². The smallest absolute Gasteiger partial charge is 0.152 e. The Kier molecular flexibility index (Phi) is 3.19. The summed E-state index contributed by atoms with van der Waals surface area (Å²) in [4.78, 5) is 15.0. The first-order valence-corrected chi connectivity index (χ1v) is 4.30. The van der Waals surface area contributed by atoms with E-state index in [0.29, 0.717) is 13.0 Å². The maximum absolute atomic E-state index is 11.0. The molecule has 0 aromatic carbocycles. The first-order chi connectivity index (χ1) is 5.33. The second-order valence-electron chi connectivity index (χ2n) is 2.23. The predicted octanol–water partition coefficient (Wildman–Crippen LogP) is 0.474. The van der Waals surface area contributed by atoms with Crippen LogP contribution < -0.4 is 5.32 Å². The van der Waals surface area contributed by atoms with E-state index in [1.165, 1.54) is 11.3 Å². The summed E-state index contributed by atoms with van der Waals surface area (Å²) in [6.45, 7) is 0.428. The van der Waals surface area contributed by atoms with Crippen LogP contribution in [-0.4, -0.2) is 24.4 Å². The lowest BCUT2D eigenvalue weighted by atomic mass is 10.2. The van der Waals surface area contributed by atoms with Crippen LogP contribution in [0.4, 0.5) is 0 Å². The molecule has 0 saturated carbocycles. The van der Waals surface area contributed by atoms with Crippen molar-refractivity contribution in [3.63, 3.8) is 0 Å². The standard InChI is InChI=1S/C7H10N2OS/c1-8-3-7(10)2-6-4-11-5-9-6/h4-5,8H,2-3H2,1H3. The summed E-state index contributed by atoms with van der Waals surface area (Å²) < 4.78 is 0. The number of nitrogens with zero attached hydrogens (tertiary/aromatic N) is 1. The topological polar surface area (TPSA) is 42.0 Å². The molecule has 0 spiro atoms. The highest BCUT2D eigenvalue weighted by atomic mass is 32.1.